The summed E-state index contributed by atoms with van der Waals surface area (Å²) in [5.41, 5.74) is 2.67. The number of nitrogens with zero attached hydrogens (tertiary/aromatic N) is 1. The third-order valence-corrected chi connectivity index (χ3v) is 7.46. The molecule has 5 rings (SSSR count). The number of benzene rings is 3. The Morgan fingerprint density at radius 1 is 0.977 bits per heavy atom. The molecular formula is C33H35FN4O5. The van der Waals surface area contributed by atoms with Crippen LogP contribution in [-0.2, 0) is 9.59 Å². The highest BCUT2D eigenvalue weighted by atomic mass is 19.1. The van der Waals surface area contributed by atoms with Crippen molar-refractivity contribution in [2.45, 2.75) is 32.7 Å². The molecule has 0 spiro atoms. The third kappa shape index (κ3) is 7.39. The van der Waals surface area contributed by atoms with E-state index >= 15 is 4.39 Å². The van der Waals surface area contributed by atoms with E-state index in [2.05, 4.69) is 20.9 Å². The second-order valence-corrected chi connectivity index (χ2v) is 10.6. The molecule has 2 amide bonds. The monoisotopic (exact) mass is 586 g/mol. The fourth-order valence-electron chi connectivity index (χ4n) is 4.91. The van der Waals surface area contributed by atoms with Crippen molar-refractivity contribution in [2.24, 2.45) is 5.92 Å². The van der Waals surface area contributed by atoms with Crippen molar-refractivity contribution in [2.75, 3.05) is 32.1 Å². The predicted octanol–water partition coefficient (Wildman–Crippen LogP) is 5.68. The van der Waals surface area contributed by atoms with Gasteiger partial charge in [-0.05, 0) is 75.5 Å². The number of carbonyl (C=O) groups excluding carboxylic acids is 2. The van der Waals surface area contributed by atoms with Gasteiger partial charge in [-0.1, -0.05) is 29.8 Å². The Balaban J connectivity index is 1.25. The second-order valence-electron chi connectivity index (χ2n) is 10.6. The molecule has 1 aromatic heterocycles. The van der Waals surface area contributed by atoms with Crippen molar-refractivity contribution in [3.05, 3.63) is 83.8 Å². The molecule has 0 radical (unpaired) electrons. The number of fused-ring (bicyclic) bond motifs is 1. The van der Waals surface area contributed by atoms with E-state index in [-0.39, 0.29) is 17.5 Å². The molecule has 9 nitrogen and oxygen atoms in total. The highest BCUT2D eigenvalue weighted by molar-refractivity contribution is 6.39. The van der Waals surface area contributed by atoms with Crippen LogP contribution >= 0.6 is 0 Å². The number of aryl methyl sites for hydroxylation is 1. The highest BCUT2D eigenvalue weighted by Crippen LogP contribution is 2.38. The number of methoxy groups -OCH3 is 1. The topological polar surface area (TPSA) is 111 Å². The van der Waals surface area contributed by atoms with Crippen LogP contribution in [-0.4, -0.2) is 43.6 Å². The van der Waals surface area contributed by atoms with Crippen molar-refractivity contribution in [3.63, 3.8) is 0 Å². The summed E-state index contributed by atoms with van der Waals surface area (Å²) in [6.45, 7) is 6.30. The number of halogens is 1. The third-order valence-electron chi connectivity index (χ3n) is 7.46. The lowest BCUT2D eigenvalue weighted by Gasteiger charge is -2.23. The molecule has 1 fully saturated rings. The van der Waals surface area contributed by atoms with Crippen LogP contribution in [0.3, 0.4) is 0 Å². The van der Waals surface area contributed by atoms with E-state index in [0.717, 1.165) is 43.1 Å². The van der Waals surface area contributed by atoms with Crippen molar-refractivity contribution >= 4 is 28.4 Å². The predicted molar refractivity (Wildman–Crippen MR) is 162 cm³/mol. The van der Waals surface area contributed by atoms with Gasteiger partial charge < -0.3 is 30.2 Å². The fraction of sp³-hybridized carbons (Fsp3) is 0.303. The summed E-state index contributed by atoms with van der Waals surface area (Å²) in [4.78, 5) is 29.4. The number of piperidine rings is 1. The maximum absolute atomic E-state index is 15.1. The number of pyridine rings is 1. The van der Waals surface area contributed by atoms with Gasteiger partial charge in [-0.15, -0.1) is 0 Å². The van der Waals surface area contributed by atoms with Crippen molar-refractivity contribution < 1.29 is 28.2 Å². The summed E-state index contributed by atoms with van der Waals surface area (Å²) in [6, 6.07) is 16.4. The molecule has 0 aliphatic carbocycles. The van der Waals surface area contributed by atoms with Crippen molar-refractivity contribution in [1.82, 2.24) is 15.6 Å². The average Bonchev–Trinajstić information content (AvgIpc) is 3.01. The molecule has 3 aromatic carbocycles. The van der Waals surface area contributed by atoms with Crippen LogP contribution in [0.5, 0.6) is 23.0 Å². The van der Waals surface area contributed by atoms with E-state index in [9.17, 15) is 9.59 Å². The lowest BCUT2D eigenvalue weighted by molar-refractivity contribution is -0.136. The van der Waals surface area contributed by atoms with Gasteiger partial charge in [0.25, 0.3) is 0 Å². The zero-order chi connectivity index (χ0) is 30.3. The van der Waals surface area contributed by atoms with Gasteiger partial charge in [-0.25, -0.2) is 4.39 Å². The number of hydrogen-bond acceptors (Lipinski definition) is 7. The van der Waals surface area contributed by atoms with E-state index in [1.807, 2.05) is 31.2 Å². The molecule has 1 aliphatic rings. The molecule has 10 heteroatoms. The summed E-state index contributed by atoms with van der Waals surface area (Å²) >= 11 is 0. The van der Waals surface area contributed by atoms with E-state index in [1.54, 1.807) is 38.4 Å². The van der Waals surface area contributed by atoms with Gasteiger partial charge >= 0.3 is 11.8 Å². The number of anilines is 1. The first-order valence-electron chi connectivity index (χ1n) is 14.3. The molecule has 4 aromatic rings. The molecule has 224 valence electrons. The molecular weight excluding hydrogens is 551 g/mol. The quantitative estimate of drug-likeness (QED) is 0.217. The van der Waals surface area contributed by atoms with Gasteiger partial charge in [0.2, 0.25) is 0 Å². The molecule has 0 saturated carbocycles. The van der Waals surface area contributed by atoms with Crippen LogP contribution < -0.4 is 30.2 Å². The lowest BCUT2D eigenvalue weighted by atomic mass is 9.99. The number of carbonyl (C=O) groups is 2. The fourth-order valence-corrected chi connectivity index (χ4v) is 4.91. The maximum atomic E-state index is 15.1. The zero-order valence-electron chi connectivity index (χ0n) is 24.4. The van der Waals surface area contributed by atoms with Crippen LogP contribution in [0.2, 0.25) is 0 Å². The van der Waals surface area contributed by atoms with Gasteiger partial charge in [0.1, 0.15) is 5.75 Å². The Hall–Kier alpha value is -4.70. The molecule has 43 heavy (non-hydrogen) atoms. The first-order valence-corrected chi connectivity index (χ1v) is 14.3. The van der Waals surface area contributed by atoms with Gasteiger partial charge in [-0.3, -0.25) is 14.6 Å². The maximum Gasteiger partial charge on any atom is 0.313 e. The van der Waals surface area contributed by atoms with Crippen LogP contribution in [0.1, 0.15) is 36.9 Å². The Bertz CT molecular complexity index is 1610. The largest absolute Gasteiger partial charge is 0.493 e. The number of amides is 2. The SMILES string of the molecule is COc1cc2c(Oc3ccc(NC(=O)C(=O)N[C@H](C)c4ccc(C)cc4)cc3F)ccnc2cc1OCC1CCNCC1. The molecule has 1 saturated heterocycles. The van der Waals surface area contributed by atoms with Gasteiger partial charge in [-0.2, -0.15) is 0 Å². The molecule has 0 unspecified atom stereocenters. The summed E-state index contributed by atoms with van der Waals surface area (Å²) in [6.07, 6.45) is 3.69. The van der Waals surface area contributed by atoms with Crippen LogP contribution in [0, 0.1) is 18.7 Å². The van der Waals surface area contributed by atoms with Crippen LogP contribution in [0.25, 0.3) is 10.9 Å². The Labute approximate surface area is 249 Å². The highest BCUT2D eigenvalue weighted by Gasteiger charge is 2.20. The molecule has 0 bridgehead atoms. The van der Waals surface area contributed by atoms with Crippen LogP contribution in [0.15, 0.2) is 66.9 Å². The number of rotatable bonds is 9. The van der Waals surface area contributed by atoms with E-state index in [0.29, 0.717) is 40.7 Å². The Kier molecular flexibility index (Phi) is 9.36. The van der Waals surface area contributed by atoms with Crippen molar-refractivity contribution in [3.8, 4) is 23.0 Å². The number of ether oxygens (including phenoxy) is 3. The van der Waals surface area contributed by atoms with Crippen LogP contribution in [0.4, 0.5) is 10.1 Å². The first kappa shape index (κ1) is 29.8. The van der Waals surface area contributed by atoms with Gasteiger partial charge in [0.15, 0.2) is 23.1 Å². The molecule has 1 atom stereocenters. The summed E-state index contributed by atoms with van der Waals surface area (Å²) < 4.78 is 32.7. The van der Waals surface area contributed by atoms with E-state index in [1.165, 1.54) is 12.1 Å². The second kappa shape index (κ2) is 13.5. The average molecular weight is 587 g/mol. The number of nitrogens with one attached hydrogen (secondary N) is 3. The standard InChI is InChI=1S/C33H35FN4O5/c1-20-4-6-23(7-5-20)21(2)37-32(39)33(40)38-24-8-9-29(26(34)16-24)43-28-12-15-36-27-18-31(30(41-3)17-25(27)28)42-19-22-10-13-35-14-11-22/h4-9,12,15-18,21-22,35H,10-11,13-14,19H2,1-3H3,(H,37,39)(H,38,40)/t21-/m1/s1. The Morgan fingerprint density at radius 3 is 2.47 bits per heavy atom. The lowest BCUT2D eigenvalue weighted by Crippen LogP contribution is -2.36. The molecule has 2 heterocycles. The minimum Gasteiger partial charge on any atom is -0.493 e. The summed E-state index contributed by atoms with van der Waals surface area (Å²) in [7, 11) is 1.56. The first-order chi connectivity index (χ1) is 20.8. The van der Waals surface area contributed by atoms with E-state index in [4.69, 9.17) is 14.2 Å². The zero-order valence-corrected chi connectivity index (χ0v) is 24.4. The van der Waals surface area contributed by atoms with E-state index < -0.39 is 17.6 Å². The van der Waals surface area contributed by atoms with Gasteiger partial charge in [0.05, 0.1) is 25.3 Å². The number of aromatic nitrogens is 1. The molecule has 3 N–H and O–H groups in total. The number of hydrogen-bond donors (Lipinski definition) is 3. The smallest absolute Gasteiger partial charge is 0.313 e. The minimum absolute atomic E-state index is 0.0619. The normalized spacial score (nSPS) is 14.1. The summed E-state index contributed by atoms with van der Waals surface area (Å²) in [5, 5.41) is 9.06. The van der Waals surface area contributed by atoms with Gasteiger partial charge in [0, 0.05) is 29.4 Å². The minimum atomic E-state index is -0.905. The van der Waals surface area contributed by atoms with Crippen molar-refractivity contribution in [1.29, 1.82) is 0 Å². The molecule has 1 aliphatic heterocycles. The Morgan fingerprint density at radius 2 is 1.74 bits per heavy atom. The summed E-state index contributed by atoms with van der Waals surface area (Å²) in [5.74, 6) is -0.569.